The van der Waals surface area contributed by atoms with Crippen molar-refractivity contribution in [2.45, 2.75) is 36.8 Å². The molecule has 2 aliphatic heterocycles. The number of hydrogen-bond donors (Lipinski definition) is 9. The van der Waals surface area contributed by atoms with Gasteiger partial charge in [0.1, 0.15) is 41.0 Å². The molecule has 11 heteroatoms. The number of benzene rings is 4. The fourth-order valence-corrected chi connectivity index (χ4v) is 5.61. The minimum absolute atomic E-state index is 0.0114. The summed E-state index contributed by atoms with van der Waals surface area (Å²) < 4.78 is 12.2. The Bertz CT molecular complexity index is 1670. The van der Waals surface area contributed by atoms with Crippen LogP contribution < -0.4 is 9.47 Å². The van der Waals surface area contributed by atoms with Crippen molar-refractivity contribution in [3.63, 3.8) is 0 Å². The quantitative estimate of drug-likeness (QED) is 0.166. The molecule has 9 N–H and O–H groups in total. The largest absolute Gasteiger partial charge is 0.508 e. The van der Waals surface area contributed by atoms with E-state index in [9.17, 15) is 46.0 Å². The lowest BCUT2D eigenvalue weighted by Gasteiger charge is -2.40. The fraction of sp³-hybridized carbons (Fsp3) is 0.200. The van der Waals surface area contributed by atoms with Crippen LogP contribution in [0.15, 0.2) is 60.7 Å². The Kier molecular flexibility index (Phi) is 6.13. The van der Waals surface area contributed by atoms with Crippen LogP contribution in [0.1, 0.15) is 45.9 Å². The summed E-state index contributed by atoms with van der Waals surface area (Å²) in [5, 5.41) is 94.4. The molecule has 4 aromatic carbocycles. The van der Waals surface area contributed by atoms with E-state index in [0.717, 1.165) is 6.07 Å². The molecule has 4 aromatic rings. The average molecular weight is 563 g/mol. The molecule has 0 fully saturated rings. The lowest BCUT2D eigenvalue weighted by atomic mass is 9.78. The number of aliphatic hydroxyl groups excluding tert-OH is 2. The average Bonchev–Trinajstić information content (AvgIpc) is 2.93. The Balaban J connectivity index is 1.53. The van der Waals surface area contributed by atoms with E-state index >= 15 is 0 Å². The van der Waals surface area contributed by atoms with Crippen LogP contribution in [0.5, 0.6) is 51.7 Å². The Morgan fingerprint density at radius 2 is 1.22 bits per heavy atom. The van der Waals surface area contributed by atoms with Crippen molar-refractivity contribution in [3.8, 4) is 51.7 Å². The maximum atomic E-state index is 11.7. The Morgan fingerprint density at radius 3 is 1.85 bits per heavy atom. The molecule has 41 heavy (non-hydrogen) atoms. The highest BCUT2D eigenvalue weighted by atomic mass is 16.5. The number of ether oxygens (including phenoxy) is 2. The molecule has 0 amide bonds. The van der Waals surface area contributed by atoms with Gasteiger partial charge in [-0.2, -0.15) is 0 Å². The normalized spacial score (nSPS) is 23.1. The third-order valence-electron chi connectivity index (χ3n) is 7.59. The summed E-state index contributed by atoms with van der Waals surface area (Å²) in [7, 11) is 0. The lowest BCUT2D eigenvalue weighted by Crippen LogP contribution is -2.36. The van der Waals surface area contributed by atoms with Crippen LogP contribution in [0.25, 0.3) is 0 Å². The molecule has 0 spiro atoms. The minimum Gasteiger partial charge on any atom is -0.508 e. The predicted octanol–water partition coefficient (Wildman–Crippen LogP) is 3.29. The molecule has 0 aromatic heterocycles. The molecule has 5 atom stereocenters. The molecule has 2 heterocycles. The molecule has 0 unspecified atom stereocenters. The van der Waals surface area contributed by atoms with Crippen molar-refractivity contribution >= 4 is 0 Å². The van der Waals surface area contributed by atoms with Crippen LogP contribution in [0.2, 0.25) is 0 Å². The molecule has 0 radical (unpaired) electrons. The fourth-order valence-electron chi connectivity index (χ4n) is 5.61. The van der Waals surface area contributed by atoms with Gasteiger partial charge in [-0.3, -0.25) is 0 Å². The van der Waals surface area contributed by atoms with Gasteiger partial charge in [-0.1, -0.05) is 18.2 Å². The summed E-state index contributed by atoms with van der Waals surface area (Å²) in [6.07, 6.45) is -4.97. The molecule has 0 saturated carbocycles. The number of phenols is 7. The van der Waals surface area contributed by atoms with Crippen molar-refractivity contribution in [3.05, 3.63) is 88.5 Å². The second-order valence-electron chi connectivity index (χ2n) is 10.2. The topological polar surface area (TPSA) is 201 Å². The molecule has 0 bridgehead atoms. The molecule has 0 aliphatic carbocycles. The molecule has 0 saturated heterocycles. The zero-order valence-electron chi connectivity index (χ0n) is 21.2. The van der Waals surface area contributed by atoms with Crippen molar-refractivity contribution in [1.82, 2.24) is 0 Å². The van der Waals surface area contributed by atoms with Gasteiger partial charge in [0.25, 0.3) is 0 Å². The molecule has 6 rings (SSSR count). The number of rotatable bonds is 3. The van der Waals surface area contributed by atoms with Crippen molar-refractivity contribution in [2.24, 2.45) is 0 Å². The first-order chi connectivity index (χ1) is 19.5. The zero-order valence-corrected chi connectivity index (χ0v) is 21.2. The van der Waals surface area contributed by atoms with Crippen molar-refractivity contribution in [2.75, 3.05) is 0 Å². The van der Waals surface area contributed by atoms with Crippen molar-refractivity contribution in [1.29, 1.82) is 0 Å². The van der Waals surface area contributed by atoms with Crippen LogP contribution >= 0.6 is 0 Å². The van der Waals surface area contributed by atoms with Crippen LogP contribution in [-0.2, 0) is 6.42 Å². The van der Waals surface area contributed by atoms with Crippen LogP contribution in [0, 0.1) is 0 Å². The predicted molar refractivity (Wildman–Crippen MR) is 142 cm³/mol. The van der Waals surface area contributed by atoms with Gasteiger partial charge in [0.15, 0.2) is 29.1 Å². The first kappa shape index (κ1) is 26.2. The third-order valence-corrected chi connectivity index (χ3v) is 7.59. The van der Waals surface area contributed by atoms with E-state index in [-0.39, 0.29) is 57.6 Å². The van der Waals surface area contributed by atoms with E-state index in [1.165, 1.54) is 54.6 Å². The SMILES string of the molecule is Oc1ccc2c(c1)O[C@H](c1ccc(O)c(O)c1)[C@H](O)[C@H]2c1c(O)cc(O)c2c1O[C@H](c1ccc(O)c(O)c1)[C@H](O)C2. The summed E-state index contributed by atoms with van der Waals surface area (Å²) in [6.45, 7) is 0. The number of phenolic OH excluding ortho intramolecular Hbond substituents is 7. The van der Waals surface area contributed by atoms with E-state index in [1.54, 1.807) is 0 Å². The van der Waals surface area contributed by atoms with Gasteiger partial charge in [-0.25, -0.2) is 0 Å². The van der Waals surface area contributed by atoms with Crippen LogP contribution in [-0.4, -0.2) is 58.2 Å². The maximum Gasteiger partial charge on any atom is 0.157 e. The standard InChI is InChI=1S/C30H26O11/c31-14-3-4-15-24(9-14)40-29(13-2-6-18(33)21(36)8-13)27(39)25(15)26-22(37)11-19(34)16-10-23(38)28(41-30(16)26)12-1-5-17(32)20(35)7-12/h1-9,11,23,25,27-29,31-39H,10H2/t23-,25-,27-,28-,29-/m1/s1. The van der Waals surface area contributed by atoms with Crippen LogP contribution in [0.3, 0.4) is 0 Å². The number of fused-ring (bicyclic) bond motifs is 2. The second-order valence-corrected chi connectivity index (χ2v) is 10.2. The highest BCUT2D eigenvalue weighted by Crippen LogP contribution is 2.55. The number of hydrogen-bond acceptors (Lipinski definition) is 11. The number of aromatic hydroxyl groups is 7. The van der Waals surface area contributed by atoms with Gasteiger partial charge in [-0.05, 0) is 41.5 Å². The van der Waals surface area contributed by atoms with E-state index < -0.39 is 47.6 Å². The van der Waals surface area contributed by atoms with Gasteiger partial charge in [0.05, 0.1) is 6.10 Å². The van der Waals surface area contributed by atoms with E-state index in [1.807, 2.05) is 0 Å². The minimum atomic E-state index is -1.43. The summed E-state index contributed by atoms with van der Waals surface area (Å²) in [5.41, 5.74) is 1.19. The highest BCUT2D eigenvalue weighted by molar-refractivity contribution is 5.63. The highest BCUT2D eigenvalue weighted by Gasteiger charge is 2.44. The van der Waals surface area contributed by atoms with E-state index in [2.05, 4.69) is 0 Å². The van der Waals surface area contributed by atoms with Gasteiger partial charge in [0.2, 0.25) is 0 Å². The lowest BCUT2D eigenvalue weighted by molar-refractivity contribution is 0.00186. The zero-order chi connectivity index (χ0) is 29.2. The molecule has 2 aliphatic rings. The monoisotopic (exact) mass is 562 g/mol. The Hall–Kier alpha value is -5.00. The first-order valence-corrected chi connectivity index (χ1v) is 12.7. The molecule has 11 nitrogen and oxygen atoms in total. The second kappa shape index (κ2) is 9.58. The van der Waals surface area contributed by atoms with Gasteiger partial charge < -0.3 is 55.4 Å². The maximum absolute atomic E-state index is 11.7. The summed E-state index contributed by atoms with van der Waals surface area (Å²) >= 11 is 0. The smallest absolute Gasteiger partial charge is 0.157 e. The van der Waals surface area contributed by atoms with E-state index in [4.69, 9.17) is 9.47 Å². The molecular weight excluding hydrogens is 536 g/mol. The molecular formula is C30H26O11. The first-order valence-electron chi connectivity index (χ1n) is 12.7. The Morgan fingerprint density at radius 1 is 0.585 bits per heavy atom. The van der Waals surface area contributed by atoms with Crippen LogP contribution in [0.4, 0.5) is 0 Å². The molecule has 212 valence electrons. The van der Waals surface area contributed by atoms with Gasteiger partial charge in [0, 0.05) is 41.2 Å². The summed E-state index contributed by atoms with van der Waals surface area (Å²) in [5.74, 6) is -3.45. The third kappa shape index (κ3) is 4.31. The summed E-state index contributed by atoms with van der Waals surface area (Å²) in [6, 6.07) is 13.1. The van der Waals surface area contributed by atoms with Gasteiger partial charge >= 0.3 is 0 Å². The number of aliphatic hydroxyl groups is 2. The summed E-state index contributed by atoms with van der Waals surface area (Å²) in [4.78, 5) is 0. The van der Waals surface area contributed by atoms with E-state index in [0.29, 0.717) is 11.1 Å². The van der Waals surface area contributed by atoms with Crippen molar-refractivity contribution < 1.29 is 55.4 Å². The Labute approximate surface area is 232 Å². The van der Waals surface area contributed by atoms with Gasteiger partial charge in [-0.15, -0.1) is 0 Å².